The minimum atomic E-state index is -0.991. The van der Waals surface area contributed by atoms with Crippen LogP contribution in [-0.4, -0.2) is 10.9 Å². The standard InChI is InChI=1S/C13H18F2N2O/c1-2-3-4-5-6-7-12(18)16-10-8-9-11(14)17-13(10)15/h8-9H,2-7H2,1H3,(H,16,18). The fourth-order valence-corrected chi connectivity index (χ4v) is 1.61. The molecule has 100 valence electrons. The molecule has 3 nitrogen and oxygen atoms in total. The number of nitrogens with zero attached hydrogens (tertiary/aromatic N) is 1. The number of carbonyl (C=O) groups is 1. The highest BCUT2D eigenvalue weighted by Crippen LogP contribution is 2.13. The number of rotatable bonds is 7. The summed E-state index contributed by atoms with van der Waals surface area (Å²) in [7, 11) is 0. The Balaban J connectivity index is 2.31. The van der Waals surface area contributed by atoms with Gasteiger partial charge in [0.05, 0.1) is 5.69 Å². The average Bonchev–Trinajstić information content (AvgIpc) is 2.32. The van der Waals surface area contributed by atoms with Crippen molar-refractivity contribution in [2.45, 2.75) is 45.4 Å². The lowest BCUT2D eigenvalue weighted by atomic mass is 10.1. The lowest BCUT2D eigenvalue weighted by Crippen LogP contribution is -2.13. The third-order valence-corrected chi connectivity index (χ3v) is 2.60. The molecule has 0 unspecified atom stereocenters. The summed E-state index contributed by atoms with van der Waals surface area (Å²) in [6.07, 6.45) is 5.54. The van der Waals surface area contributed by atoms with Gasteiger partial charge < -0.3 is 5.32 Å². The van der Waals surface area contributed by atoms with E-state index in [0.29, 0.717) is 6.42 Å². The normalized spacial score (nSPS) is 10.4. The van der Waals surface area contributed by atoms with Crippen LogP contribution in [0.4, 0.5) is 14.5 Å². The van der Waals surface area contributed by atoms with Crippen LogP contribution in [0.2, 0.25) is 0 Å². The summed E-state index contributed by atoms with van der Waals surface area (Å²) in [5.41, 5.74) is -0.0741. The van der Waals surface area contributed by atoms with E-state index >= 15 is 0 Å². The molecule has 0 bridgehead atoms. The van der Waals surface area contributed by atoms with Gasteiger partial charge in [0.2, 0.25) is 17.8 Å². The molecule has 1 N–H and O–H groups in total. The van der Waals surface area contributed by atoms with Crippen molar-refractivity contribution < 1.29 is 13.6 Å². The molecule has 1 heterocycles. The molecule has 0 spiro atoms. The second kappa shape index (κ2) is 7.74. The fourth-order valence-electron chi connectivity index (χ4n) is 1.61. The molecular formula is C13H18F2N2O. The van der Waals surface area contributed by atoms with Crippen LogP contribution in [0.5, 0.6) is 0 Å². The highest BCUT2D eigenvalue weighted by molar-refractivity contribution is 5.90. The van der Waals surface area contributed by atoms with Crippen LogP contribution in [0.3, 0.4) is 0 Å². The maximum atomic E-state index is 13.1. The smallest absolute Gasteiger partial charge is 0.239 e. The molecule has 1 aromatic heterocycles. The molecule has 1 amide bonds. The zero-order valence-corrected chi connectivity index (χ0v) is 10.5. The number of anilines is 1. The lowest BCUT2D eigenvalue weighted by molar-refractivity contribution is -0.116. The zero-order chi connectivity index (χ0) is 13.4. The summed E-state index contributed by atoms with van der Waals surface area (Å²) in [5.74, 6) is -2.15. The summed E-state index contributed by atoms with van der Waals surface area (Å²) < 4.78 is 25.7. The Kier molecular flexibility index (Phi) is 6.25. The van der Waals surface area contributed by atoms with E-state index in [-0.39, 0.29) is 11.6 Å². The van der Waals surface area contributed by atoms with Crippen LogP contribution in [0, 0.1) is 11.9 Å². The van der Waals surface area contributed by atoms with Gasteiger partial charge in [-0.05, 0) is 18.6 Å². The van der Waals surface area contributed by atoms with Crippen LogP contribution < -0.4 is 5.32 Å². The largest absolute Gasteiger partial charge is 0.322 e. The summed E-state index contributed by atoms with van der Waals surface area (Å²) in [6.45, 7) is 2.12. The number of unbranched alkanes of at least 4 members (excludes halogenated alkanes) is 4. The van der Waals surface area contributed by atoms with Crippen molar-refractivity contribution in [2.75, 3.05) is 5.32 Å². The molecular weight excluding hydrogens is 238 g/mol. The van der Waals surface area contributed by atoms with E-state index in [0.717, 1.165) is 38.2 Å². The lowest BCUT2D eigenvalue weighted by Gasteiger charge is -2.05. The Labute approximate surface area is 106 Å². The monoisotopic (exact) mass is 256 g/mol. The van der Waals surface area contributed by atoms with Crippen LogP contribution in [0.15, 0.2) is 12.1 Å². The maximum absolute atomic E-state index is 13.1. The van der Waals surface area contributed by atoms with E-state index < -0.39 is 11.9 Å². The van der Waals surface area contributed by atoms with E-state index in [2.05, 4.69) is 17.2 Å². The van der Waals surface area contributed by atoms with Gasteiger partial charge in [0.25, 0.3) is 0 Å². The van der Waals surface area contributed by atoms with E-state index in [4.69, 9.17) is 0 Å². The number of nitrogens with one attached hydrogen (secondary N) is 1. The summed E-state index contributed by atoms with van der Waals surface area (Å²) >= 11 is 0. The van der Waals surface area contributed by atoms with Gasteiger partial charge in [0, 0.05) is 6.42 Å². The van der Waals surface area contributed by atoms with E-state index in [1.54, 1.807) is 0 Å². The van der Waals surface area contributed by atoms with Crippen LogP contribution in [0.1, 0.15) is 45.4 Å². The third kappa shape index (κ3) is 5.21. The van der Waals surface area contributed by atoms with Crippen molar-refractivity contribution in [1.82, 2.24) is 4.98 Å². The Morgan fingerprint density at radius 1 is 1.22 bits per heavy atom. The zero-order valence-electron chi connectivity index (χ0n) is 10.5. The second-order valence-electron chi connectivity index (χ2n) is 4.18. The van der Waals surface area contributed by atoms with Crippen LogP contribution in [-0.2, 0) is 4.79 Å². The summed E-state index contributed by atoms with van der Waals surface area (Å²) in [4.78, 5) is 14.5. The minimum absolute atomic E-state index is 0.0741. The predicted molar refractivity (Wildman–Crippen MR) is 66.2 cm³/mol. The van der Waals surface area contributed by atoms with Crippen molar-refractivity contribution in [2.24, 2.45) is 0 Å². The molecule has 0 radical (unpaired) electrons. The molecule has 1 aromatic rings. The molecule has 5 heteroatoms. The highest BCUT2D eigenvalue weighted by Gasteiger charge is 2.08. The van der Waals surface area contributed by atoms with Gasteiger partial charge >= 0.3 is 0 Å². The number of carbonyl (C=O) groups excluding carboxylic acids is 1. The number of hydrogen-bond donors (Lipinski definition) is 1. The molecule has 0 atom stereocenters. The molecule has 0 fully saturated rings. The highest BCUT2D eigenvalue weighted by atomic mass is 19.1. The average molecular weight is 256 g/mol. The number of pyridine rings is 1. The predicted octanol–water partition coefficient (Wildman–Crippen LogP) is 3.66. The second-order valence-corrected chi connectivity index (χ2v) is 4.18. The molecule has 0 aliphatic carbocycles. The Morgan fingerprint density at radius 3 is 2.61 bits per heavy atom. The van der Waals surface area contributed by atoms with Gasteiger partial charge in [-0.3, -0.25) is 4.79 Å². The van der Waals surface area contributed by atoms with Crippen LogP contribution >= 0.6 is 0 Å². The van der Waals surface area contributed by atoms with Crippen molar-refractivity contribution in [3.63, 3.8) is 0 Å². The van der Waals surface area contributed by atoms with E-state index in [1.165, 1.54) is 6.07 Å². The molecule has 0 aromatic carbocycles. The van der Waals surface area contributed by atoms with Crippen molar-refractivity contribution in [1.29, 1.82) is 0 Å². The van der Waals surface area contributed by atoms with Gasteiger partial charge in [-0.25, -0.2) is 0 Å². The van der Waals surface area contributed by atoms with E-state index in [1.807, 2.05) is 0 Å². The first-order valence-electron chi connectivity index (χ1n) is 6.25. The molecule has 0 aliphatic heterocycles. The molecule has 18 heavy (non-hydrogen) atoms. The van der Waals surface area contributed by atoms with Gasteiger partial charge in [-0.1, -0.05) is 32.6 Å². The molecule has 0 aliphatic rings. The first-order chi connectivity index (χ1) is 8.63. The van der Waals surface area contributed by atoms with Gasteiger partial charge in [-0.2, -0.15) is 13.8 Å². The van der Waals surface area contributed by atoms with Crippen molar-refractivity contribution in [3.8, 4) is 0 Å². The number of halogens is 2. The summed E-state index contributed by atoms with van der Waals surface area (Å²) in [5, 5.41) is 2.39. The van der Waals surface area contributed by atoms with Crippen LogP contribution in [0.25, 0.3) is 0 Å². The first kappa shape index (κ1) is 14.5. The third-order valence-electron chi connectivity index (χ3n) is 2.60. The minimum Gasteiger partial charge on any atom is -0.322 e. The van der Waals surface area contributed by atoms with Crippen molar-refractivity contribution in [3.05, 3.63) is 24.0 Å². The van der Waals surface area contributed by atoms with Crippen molar-refractivity contribution >= 4 is 11.6 Å². The molecule has 0 saturated carbocycles. The van der Waals surface area contributed by atoms with Gasteiger partial charge in [-0.15, -0.1) is 0 Å². The fraction of sp³-hybridized carbons (Fsp3) is 0.538. The Hall–Kier alpha value is -1.52. The molecule has 1 rings (SSSR count). The quantitative estimate of drug-likeness (QED) is 0.597. The Morgan fingerprint density at radius 2 is 1.94 bits per heavy atom. The van der Waals surface area contributed by atoms with Gasteiger partial charge in [0.15, 0.2) is 0 Å². The van der Waals surface area contributed by atoms with Gasteiger partial charge in [0.1, 0.15) is 0 Å². The Bertz CT molecular complexity index is 397. The van der Waals surface area contributed by atoms with E-state index in [9.17, 15) is 13.6 Å². The number of hydrogen-bond acceptors (Lipinski definition) is 2. The number of amides is 1. The first-order valence-corrected chi connectivity index (χ1v) is 6.25. The number of aromatic nitrogens is 1. The SMILES string of the molecule is CCCCCCCC(=O)Nc1ccc(F)nc1F. The summed E-state index contributed by atoms with van der Waals surface area (Å²) in [6, 6.07) is 2.19. The maximum Gasteiger partial charge on any atom is 0.239 e. The topological polar surface area (TPSA) is 42.0 Å². The molecule has 0 saturated heterocycles.